The highest BCUT2D eigenvalue weighted by atomic mass is 16.3. The molecule has 0 saturated carbocycles. The Kier molecular flexibility index (Phi) is 1.93. The number of azide groups is 1. The number of hydrogen-bond acceptors (Lipinski definition) is 2. The predicted octanol–water partition coefficient (Wildman–Crippen LogP) is 1.96. The Morgan fingerprint density at radius 1 is 1.46 bits per heavy atom. The molecule has 66 valence electrons. The average molecular weight is 175 g/mol. The van der Waals surface area contributed by atoms with Crippen LogP contribution >= 0.6 is 0 Å². The third-order valence-corrected chi connectivity index (χ3v) is 2.37. The van der Waals surface area contributed by atoms with E-state index in [2.05, 4.69) is 10.0 Å². The van der Waals surface area contributed by atoms with Crippen LogP contribution in [0.4, 0.5) is 0 Å². The summed E-state index contributed by atoms with van der Waals surface area (Å²) in [5.74, 6) is 0. The lowest BCUT2D eigenvalue weighted by molar-refractivity contribution is 0.159. The molecule has 0 fully saturated rings. The second-order valence-electron chi connectivity index (χ2n) is 3.12. The van der Waals surface area contributed by atoms with Crippen LogP contribution in [0.5, 0.6) is 0 Å². The summed E-state index contributed by atoms with van der Waals surface area (Å²) >= 11 is 0. The molecule has 1 N–H and O–H groups in total. The molecule has 0 spiro atoms. The summed E-state index contributed by atoms with van der Waals surface area (Å²) in [5, 5.41) is 13.3. The molecule has 1 aromatic carbocycles. The molecule has 0 aromatic heterocycles. The van der Waals surface area contributed by atoms with Gasteiger partial charge >= 0.3 is 0 Å². The van der Waals surface area contributed by atoms with E-state index in [9.17, 15) is 5.11 Å². The van der Waals surface area contributed by atoms with Crippen molar-refractivity contribution in [3.8, 4) is 0 Å². The standard InChI is InChI=1S/C9H9N3O/c10-12-11-8-5-6-3-1-2-4-7(6)9(8)13/h1-4,8-9,13H,5H2. The molecule has 2 unspecified atom stereocenters. The van der Waals surface area contributed by atoms with E-state index in [4.69, 9.17) is 5.53 Å². The van der Waals surface area contributed by atoms with Crippen LogP contribution in [0, 0.1) is 0 Å². The Labute approximate surface area is 75.4 Å². The molecule has 0 saturated heterocycles. The fourth-order valence-electron chi connectivity index (χ4n) is 1.72. The van der Waals surface area contributed by atoms with Crippen LogP contribution in [-0.4, -0.2) is 11.1 Å². The van der Waals surface area contributed by atoms with Gasteiger partial charge < -0.3 is 5.11 Å². The van der Waals surface area contributed by atoms with Crippen molar-refractivity contribution in [1.82, 2.24) is 0 Å². The highest BCUT2D eigenvalue weighted by molar-refractivity contribution is 5.35. The van der Waals surface area contributed by atoms with Crippen molar-refractivity contribution < 1.29 is 5.11 Å². The molecule has 0 amide bonds. The van der Waals surface area contributed by atoms with Gasteiger partial charge in [0.05, 0.1) is 12.1 Å². The van der Waals surface area contributed by atoms with E-state index >= 15 is 0 Å². The second kappa shape index (κ2) is 3.09. The summed E-state index contributed by atoms with van der Waals surface area (Å²) in [6.07, 6.45) is 0.00796. The Morgan fingerprint density at radius 3 is 2.92 bits per heavy atom. The van der Waals surface area contributed by atoms with Crippen molar-refractivity contribution in [3.05, 3.63) is 45.8 Å². The fraction of sp³-hybridized carbons (Fsp3) is 0.333. The van der Waals surface area contributed by atoms with E-state index < -0.39 is 6.10 Å². The molecule has 1 aliphatic carbocycles. The molecule has 0 aliphatic heterocycles. The summed E-state index contributed by atoms with van der Waals surface area (Å²) in [6.45, 7) is 0. The maximum Gasteiger partial charge on any atom is 0.0880 e. The average Bonchev–Trinajstić information content (AvgIpc) is 2.46. The molecule has 0 bridgehead atoms. The Hall–Kier alpha value is -1.51. The van der Waals surface area contributed by atoms with Crippen LogP contribution in [0.3, 0.4) is 0 Å². The SMILES string of the molecule is [N-]=[N+]=NC1Cc2ccccc2C1O. The van der Waals surface area contributed by atoms with Crippen LogP contribution in [0.1, 0.15) is 17.2 Å². The van der Waals surface area contributed by atoms with Crippen LogP contribution in [0.2, 0.25) is 0 Å². The van der Waals surface area contributed by atoms with Gasteiger partial charge in [0.2, 0.25) is 0 Å². The van der Waals surface area contributed by atoms with Gasteiger partial charge in [0.15, 0.2) is 0 Å². The Morgan fingerprint density at radius 2 is 2.23 bits per heavy atom. The summed E-state index contributed by atoms with van der Waals surface area (Å²) in [7, 11) is 0. The molecule has 1 aliphatic rings. The molecule has 4 heteroatoms. The van der Waals surface area contributed by atoms with Crippen molar-refractivity contribution in [1.29, 1.82) is 0 Å². The molecular formula is C9H9N3O. The molecule has 0 heterocycles. The van der Waals surface area contributed by atoms with Gasteiger partial charge in [0.1, 0.15) is 0 Å². The Balaban J connectivity index is 2.37. The second-order valence-corrected chi connectivity index (χ2v) is 3.12. The number of rotatable bonds is 1. The van der Waals surface area contributed by atoms with Crippen LogP contribution in [0.25, 0.3) is 10.4 Å². The van der Waals surface area contributed by atoms with Crippen LogP contribution in [0.15, 0.2) is 29.4 Å². The maximum atomic E-state index is 9.71. The van der Waals surface area contributed by atoms with E-state index in [0.29, 0.717) is 6.42 Å². The van der Waals surface area contributed by atoms with Gasteiger partial charge in [-0.1, -0.05) is 29.4 Å². The summed E-state index contributed by atoms with van der Waals surface area (Å²) in [5.41, 5.74) is 10.2. The zero-order valence-electron chi connectivity index (χ0n) is 6.96. The normalized spacial score (nSPS) is 25.0. The molecule has 2 rings (SSSR count). The highest BCUT2D eigenvalue weighted by Gasteiger charge is 2.29. The number of benzene rings is 1. The summed E-state index contributed by atoms with van der Waals surface area (Å²) in [6, 6.07) is 7.28. The Bertz CT molecular complexity index is 371. The summed E-state index contributed by atoms with van der Waals surface area (Å²) in [4.78, 5) is 2.72. The van der Waals surface area contributed by atoms with Crippen LogP contribution in [-0.2, 0) is 6.42 Å². The topological polar surface area (TPSA) is 69.0 Å². The summed E-state index contributed by atoms with van der Waals surface area (Å²) < 4.78 is 0. The van der Waals surface area contributed by atoms with Gasteiger partial charge in [-0.3, -0.25) is 0 Å². The minimum absolute atomic E-state index is 0.331. The monoisotopic (exact) mass is 175 g/mol. The zero-order valence-corrected chi connectivity index (χ0v) is 6.96. The van der Waals surface area contributed by atoms with Gasteiger partial charge in [-0.2, -0.15) is 0 Å². The lowest BCUT2D eigenvalue weighted by Gasteiger charge is -2.07. The quantitative estimate of drug-likeness (QED) is 0.395. The van der Waals surface area contributed by atoms with Crippen molar-refractivity contribution in [2.24, 2.45) is 5.11 Å². The number of fused-ring (bicyclic) bond motifs is 1. The predicted molar refractivity (Wildman–Crippen MR) is 48.0 cm³/mol. The first kappa shape index (κ1) is 8.10. The zero-order chi connectivity index (χ0) is 9.26. The molecular weight excluding hydrogens is 166 g/mol. The maximum absolute atomic E-state index is 9.71. The van der Waals surface area contributed by atoms with E-state index in [0.717, 1.165) is 11.1 Å². The third-order valence-electron chi connectivity index (χ3n) is 2.37. The number of nitrogens with zero attached hydrogens (tertiary/aromatic N) is 3. The first-order valence-corrected chi connectivity index (χ1v) is 4.13. The van der Waals surface area contributed by atoms with Crippen molar-refractivity contribution >= 4 is 0 Å². The number of aliphatic hydroxyl groups is 1. The van der Waals surface area contributed by atoms with Crippen LogP contribution < -0.4 is 0 Å². The molecule has 13 heavy (non-hydrogen) atoms. The lowest BCUT2D eigenvalue weighted by atomic mass is 10.1. The molecule has 1 aromatic rings. The van der Waals surface area contributed by atoms with Crippen molar-refractivity contribution in [2.75, 3.05) is 0 Å². The van der Waals surface area contributed by atoms with Gasteiger partial charge in [0.25, 0.3) is 0 Å². The fourth-order valence-corrected chi connectivity index (χ4v) is 1.72. The minimum atomic E-state index is -0.632. The lowest BCUT2D eigenvalue weighted by Crippen LogP contribution is -2.09. The highest BCUT2D eigenvalue weighted by Crippen LogP contribution is 2.32. The van der Waals surface area contributed by atoms with Gasteiger partial charge in [-0.25, -0.2) is 0 Å². The molecule has 2 atom stereocenters. The largest absolute Gasteiger partial charge is 0.388 e. The first-order chi connectivity index (χ1) is 6.33. The van der Waals surface area contributed by atoms with Crippen molar-refractivity contribution in [3.63, 3.8) is 0 Å². The van der Waals surface area contributed by atoms with Crippen molar-refractivity contribution in [2.45, 2.75) is 18.6 Å². The number of aliphatic hydroxyl groups excluding tert-OH is 1. The first-order valence-electron chi connectivity index (χ1n) is 4.13. The minimum Gasteiger partial charge on any atom is -0.388 e. The van der Waals surface area contributed by atoms with Gasteiger partial charge in [-0.05, 0) is 23.1 Å². The van der Waals surface area contributed by atoms with E-state index in [1.54, 1.807) is 0 Å². The smallest absolute Gasteiger partial charge is 0.0880 e. The molecule has 4 nitrogen and oxygen atoms in total. The van der Waals surface area contributed by atoms with E-state index in [1.165, 1.54) is 0 Å². The molecule has 0 radical (unpaired) electrons. The number of hydrogen-bond donors (Lipinski definition) is 1. The third kappa shape index (κ3) is 1.26. The van der Waals surface area contributed by atoms with Gasteiger partial charge in [0, 0.05) is 4.91 Å². The van der Waals surface area contributed by atoms with E-state index in [-0.39, 0.29) is 6.04 Å². The van der Waals surface area contributed by atoms with Gasteiger partial charge in [-0.15, -0.1) is 0 Å². The van der Waals surface area contributed by atoms with E-state index in [1.807, 2.05) is 24.3 Å².